The van der Waals surface area contributed by atoms with E-state index in [1.165, 1.54) is 0 Å². The lowest BCUT2D eigenvalue weighted by Gasteiger charge is -2.27. The summed E-state index contributed by atoms with van der Waals surface area (Å²) in [5, 5.41) is 0. The molecule has 0 bridgehead atoms. The van der Waals surface area contributed by atoms with Crippen molar-refractivity contribution >= 4 is 10.0 Å². The number of rotatable bonds is 2. The van der Waals surface area contributed by atoms with Gasteiger partial charge in [-0.3, -0.25) is 0 Å². The Morgan fingerprint density at radius 2 is 1.56 bits per heavy atom. The average Bonchev–Trinajstić information content (AvgIpc) is 2.67. The molecule has 0 aromatic heterocycles. The van der Waals surface area contributed by atoms with Gasteiger partial charge in [0.05, 0.1) is 20.1 Å². The third-order valence-electron chi connectivity index (χ3n) is 3.41. The molecule has 0 unspecified atom stereocenters. The predicted molar refractivity (Wildman–Crippen MR) is 63.5 cm³/mol. The molecule has 0 spiro atoms. The van der Waals surface area contributed by atoms with E-state index in [4.69, 9.17) is 0 Å². The van der Waals surface area contributed by atoms with E-state index in [1.807, 2.05) is 26.1 Å². The molecule has 0 amide bonds. The van der Waals surface area contributed by atoms with Gasteiger partial charge in [-0.25, -0.2) is 3.89 Å². The van der Waals surface area contributed by atoms with Crippen LogP contribution in [0.15, 0.2) is 29.2 Å². The van der Waals surface area contributed by atoms with Crippen LogP contribution < -0.4 is 0 Å². The van der Waals surface area contributed by atoms with Crippen molar-refractivity contribution in [1.82, 2.24) is 0 Å². The van der Waals surface area contributed by atoms with Crippen molar-refractivity contribution in [1.29, 1.82) is 0 Å². The standard InChI is InChI=1S/C12H18NO2S/c1-11-5-7-12(8-6-11)16(14,15)13(2)9-3-4-10-13/h5-8H,3-4,9-10H2,1-2H3/q+1. The summed E-state index contributed by atoms with van der Waals surface area (Å²) in [6.07, 6.45) is 2.00. The van der Waals surface area contributed by atoms with Crippen LogP contribution in [0, 0.1) is 6.92 Å². The number of hydrogen-bond acceptors (Lipinski definition) is 2. The zero-order valence-electron chi connectivity index (χ0n) is 9.81. The molecule has 1 fully saturated rings. The molecule has 0 radical (unpaired) electrons. The van der Waals surface area contributed by atoms with E-state index in [0.29, 0.717) is 4.90 Å². The molecule has 1 aliphatic heterocycles. The SMILES string of the molecule is Cc1ccc(S(=O)(=O)[N+]2(C)CCCC2)cc1. The van der Waals surface area contributed by atoms with Gasteiger partial charge in [0.1, 0.15) is 4.90 Å². The summed E-state index contributed by atoms with van der Waals surface area (Å²) >= 11 is 0. The fourth-order valence-corrected chi connectivity index (χ4v) is 3.94. The molecule has 4 heteroatoms. The van der Waals surface area contributed by atoms with Gasteiger partial charge in [0.15, 0.2) is 0 Å². The second-order valence-corrected chi connectivity index (χ2v) is 7.04. The van der Waals surface area contributed by atoms with Crippen LogP contribution in [0.25, 0.3) is 0 Å². The van der Waals surface area contributed by atoms with Gasteiger partial charge in [0, 0.05) is 12.8 Å². The summed E-state index contributed by atoms with van der Waals surface area (Å²) in [7, 11) is -1.40. The maximum absolute atomic E-state index is 12.4. The molecule has 0 aliphatic carbocycles. The van der Waals surface area contributed by atoms with Crippen LogP contribution in [0.4, 0.5) is 0 Å². The quantitative estimate of drug-likeness (QED) is 0.740. The molecule has 1 heterocycles. The minimum absolute atomic E-state index is 0.163. The Morgan fingerprint density at radius 3 is 2.06 bits per heavy atom. The van der Waals surface area contributed by atoms with Crippen molar-refractivity contribution in [3.63, 3.8) is 0 Å². The molecule has 1 aromatic carbocycles. The first kappa shape index (κ1) is 11.6. The molecular formula is C12H18NO2S+. The highest BCUT2D eigenvalue weighted by molar-refractivity contribution is 7.86. The number of quaternary nitrogens is 1. The molecule has 2 rings (SSSR count). The van der Waals surface area contributed by atoms with Crippen molar-refractivity contribution in [3.8, 4) is 0 Å². The molecule has 1 aromatic rings. The first-order valence-electron chi connectivity index (χ1n) is 5.62. The number of sulfonamides is 1. The summed E-state index contributed by atoms with van der Waals surface area (Å²) in [5.41, 5.74) is 1.09. The van der Waals surface area contributed by atoms with Gasteiger partial charge in [0.2, 0.25) is 0 Å². The van der Waals surface area contributed by atoms with E-state index in [-0.39, 0.29) is 3.89 Å². The molecular weight excluding hydrogens is 222 g/mol. The largest absolute Gasteiger partial charge is 0.327 e. The predicted octanol–water partition coefficient (Wildman–Crippen LogP) is 1.92. The molecule has 1 saturated heterocycles. The molecule has 0 N–H and O–H groups in total. The maximum atomic E-state index is 12.4. The normalized spacial score (nSPS) is 19.9. The van der Waals surface area contributed by atoms with Crippen molar-refractivity contribution in [2.24, 2.45) is 0 Å². The minimum atomic E-state index is -3.22. The van der Waals surface area contributed by atoms with Crippen LogP contribution in [0.5, 0.6) is 0 Å². The van der Waals surface area contributed by atoms with E-state index in [9.17, 15) is 8.42 Å². The summed E-state index contributed by atoms with van der Waals surface area (Å²) in [4.78, 5) is 0.447. The Morgan fingerprint density at radius 1 is 1.06 bits per heavy atom. The Balaban J connectivity index is 2.42. The van der Waals surface area contributed by atoms with Crippen LogP contribution in [0.1, 0.15) is 18.4 Å². The average molecular weight is 240 g/mol. The molecule has 16 heavy (non-hydrogen) atoms. The topological polar surface area (TPSA) is 34.1 Å². The van der Waals surface area contributed by atoms with Gasteiger partial charge in [-0.15, -0.1) is 0 Å². The lowest BCUT2D eigenvalue weighted by molar-refractivity contribution is -0.770. The highest BCUT2D eigenvalue weighted by atomic mass is 32.2. The Kier molecular flexibility index (Phi) is 2.80. The molecule has 0 atom stereocenters. The van der Waals surface area contributed by atoms with E-state index in [0.717, 1.165) is 31.5 Å². The molecule has 3 nitrogen and oxygen atoms in total. The van der Waals surface area contributed by atoms with Crippen LogP contribution in [0.3, 0.4) is 0 Å². The summed E-state index contributed by atoms with van der Waals surface area (Å²) in [6, 6.07) is 7.14. The number of hydrogen-bond donors (Lipinski definition) is 0. The smallest absolute Gasteiger partial charge is 0.217 e. The zero-order chi connectivity index (χ0) is 11.8. The van der Waals surface area contributed by atoms with Gasteiger partial charge in [-0.05, 0) is 19.1 Å². The van der Waals surface area contributed by atoms with Crippen LogP contribution in [-0.4, -0.2) is 32.4 Å². The third kappa shape index (κ3) is 1.76. The molecule has 0 saturated carbocycles. The van der Waals surface area contributed by atoms with Crippen molar-refractivity contribution in [2.75, 3.05) is 20.1 Å². The fourth-order valence-electron chi connectivity index (χ4n) is 2.21. The van der Waals surface area contributed by atoms with Crippen molar-refractivity contribution in [2.45, 2.75) is 24.7 Å². The monoisotopic (exact) mass is 240 g/mol. The summed E-state index contributed by atoms with van der Waals surface area (Å²) in [5.74, 6) is 0. The highest BCUT2D eigenvalue weighted by Gasteiger charge is 2.41. The van der Waals surface area contributed by atoms with E-state index < -0.39 is 10.0 Å². The van der Waals surface area contributed by atoms with Gasteiger partial charge >= 0.3 is 10.0 Å². The maximum Gasteiger partial charge on any atom is 0.327 e. The minimum Gasteiger partial charge on any atom is -0.217 e. The first-order chi connectivity index (χ1) is 7.46. The van der Waals surface area contributed by atoms with Crippen LogP contribution >= 0.6 is 0 Å². The Hall–Kier alpha value is -0.870. The molecule has 88 valence electrons. The van der Waals surface area contributed by atoms with Gasteiger partial charge in [-0.1, -0.05) is 17.7 Å². The number of likely N-dealkylation sites (tertiary alicyclic amines) is 1. The van der Waals surface area contributed by atoms with E-state index in [1.54, 1.807) is 12.1 Å². The second-order valence-electron chi connectivity index (χ2n) is 4.74. The Labute approximate surface area is 97.3 Å². The third-order valence-corrected chi connectivity index (χ3v) is 5.80. The first-order valence-corrected chi connectivity index (χ1v) is 7.06. The van der Waals surface area contributed by atoms with E-state index >= 15 is 0 Å². The second kappa shape index (κ2) is 3.86. The van der Waals surface area contributed by atoms with Gasteiger partial charge in [0.25, 0.3) is 0 Å². The lowest BCUT2D eigenvalue weighted by Crippen LogP contribution is -2.46. The number of benzene rings is 1. The van der Waals surface area contributed by atoms with Gasteiger partial charge < -0.3 is 0 Å². The fraction of sp³-hybridized carbons (Fsp3) is 0.500. The molecule has 1 aliphatic rings. The Bertz CT molecular complexity index is 470. The zero-order valence-corrected chi connectivity index (χ0v) is 10.6. The van der Waals surface area contributed by atoms with E-state index in [2.05, 4.69) is 0 Å². The van der Waals surface area contributed by atoms with Crippen LogP contribution in [0.2, 0.25) is 0 Å². The highest BCUT2D eigenvalue weighted by Crippen LogP contribution is 2.27. The summed E-state index contributed by atoms with van der Waals surface area (Å²) < 4.78 is 25.0. The number of nitrogens with zero attached hydrogens (tertiary/aromatic N) is 1. The summed E-state index contributed by atoms with van der Waals surface area (Å²) in [6.45, 7) is 3.43. The van der Waals surface area contributed by atoms with Crippen molar-refractivity contribution in [3.05, 3.63) is 29.8 Å². The van der Waals surface area contributed by atoms with Crippen molar-refractivity contribution < 1.29 is 12.3 Å². The lowest BCUT2D eigenvalue weighted by atomic mass is 10.2. The van der Waals surface area contributed by atoms with Crippen LogP contribution in [-0.2, 0) is 10.0 Å². The number of aryl methyl sites for hydroxylation is 1. The van der Waals surface area contributed by atoms with Gasteiger partial charge in [-0.2, -0.15) is 8.42 Å².